The summed E-state index contributed by atoms with van der Waals surface area (Å²) in [6, 6.07) is 17.9. The second-order valence-electron chi connectivity index (χ2n) is 5.93. The van der Waals surface area contributed by atoms with Gasteiger partial charge < -0.3 is 9.87 Å². The highest BCUT2D eigenvalue weighted by atomic mass is 35.5. The van der Waals surface area contributed by atoms with Crippen molar-refractivity contribution in [2.75, 3.05) is 5.32 Å². The molecule has 0 aliphatic rings. The lowest BCUT2D eigenvalue weighted by Gasteiger charge is -2.10. The molecule has 0 bridgehead atoms. The number of carbonyl (C=O) groups excluding carboxylic acids is 1. The van der Waals surface area contributed by atoms with Crippen LogP contribution in [0.15, 0.2) is 71.8 Å². The predicted octanol–water partition coefficient (Wildman–Crippen LogP) is 5.11. The number of rotatable bonds is 4. The van der Waals surface area contributed by atoms with Gasteiger partial charge in [-0.1, -0.05) is 41.9 Å². The molecule has 1 N–H and O–H groups in total. The van der Waals surface area contributed by atoms with Crippen molar-refractivity contribution in [2.24, 2.45) is 0 Å². The summed E-state index contributed by atoms with van der Waals surface area (Å²) in [5.74, 6) is -0.339. The van der Waals surface area contributed by atoms with Gasteiger partial charge in [-0.3, -0.25) is 9.00 Å². The molecule has 1 atom stereocenters. The molecule has 2 heterocycles. The zero-order chi connectivity index (χ0) is 19.7. The van der Waals surface area contributed by atoms with Crippen molar-refractivity contribution in [3.63, 3.8) is 0 Å². The largest absolute Gasteiger partial charge is 0.768 e. The number of thiophene rings is 1. The number of benzene rings is 2. The number of carbonyl (C=O) groups is 1. The second-order valence-corrected chi connectivity index (χ2v) is 8.28. The summed E-state index contributed by atoms with van der Waals surface area (Å²) in [6.45, 7) is 0. The Morgan fingerprint density at radius 1 is 1.07 bits per heavy atom. The van der Waals surface area contributed by atoms with E-state index in [-0.39, 0.29) is 15.8 Å². The SMILES string of the molecule is O=C(Nc1ccc(Cl)c(S(=O)[O-])c1)c1cc2cc(-c3ccccc3)cnc2s1. The fourth-order valence-corrected chi connectivity index (χ4v) is 4.37. The van der Waals surface area contributed by atoms with Gasteiger partial charge in [-0.15, -0.1) is 11.3 Å². The summed E-state index contributed by atoms with van der Waals surface area (Å²) >= 11 is 4.64. The van der Waals surface area contributed by atoms with Gasteiger partial charge in [-0.2, -0.15) is 0 Å². The number of anilines is 1. The molecule has 8 heteroatoms. The lowest BCUT2D eigenvalue weighted by Crippen LogP contribution is -2.10. The highest BCUT2D eigenvalue weighted by Gasteiger charge is 2.13. The van der Waals surface area contributed by atoms with Crippen LogP contribution < -0.4 is 5.32 Å². The van der Waals surface area contributed by atoms with E-state index in [9.17, 15) is 13.6 Å². The van der Waals surface area contributed by atoms with E-state index in [4.69, 9.17) is 11.6 Å². The number of aromatic nitrogens is 1. The zero-order valence-corrected chi connectivity index (χ0v) is 16.6. The van der Waals surface area contributed by atoms with Crippen LogP contribution in [0.3, 0.4) is 0 Å². The Balaban J connectivity index is 1.61. The monoisotopic (exact) mass is 427 g/mol. The van der Waals surface area contributed by atoms with Gasteiger partial charge in [0, 0.05) is 27.7 Å². The summed E-state index contributed by atoms with van der Waals surface area (Å²) in [4.78, 5) is 18.2. The van der Waals surface area contributed by atoms with E-state index in [1.165, 1.54) is 23.5 Å². The van der Waals surface area contributed by atoms with Gasteiger partial charge in [0.25, 0.3) is 5.91 Å². The van der Waals surface area contributed by atoms with Gasteiger partial charge >= 0.3 is 0 Å². The Labute approximate surface area is 172 Å². The van der Waals surface area contributed by atoms with Crippen LogP contribution >= 0.6 is 22.9 Å². The van der Waals surface area contributed by atoms with Gasteiger partial charge in [0.2, 0.25) is 0 Å². The maximum Gasteiger partial charge on any atom is 0.265 e. The van der Waals surface area contributed by atoms with Crippen molar-refractivity contribution < 1.29 is 13.6 Å². The first-order chi connectivity index (χ1) is 13.5. The smallest absolute Gasteiger partial charge is 0.265 e. The third kappa shape index (κ3) is 3.83. The molecule has 5 nitrogen and oxygen atoms in total. The number of amides is 1. The molecule has 0 aliphatic heterocycles. The van der Waals surface area contributed by atoms with E-state index >= 15 is 0 Å². The molecule has 0 spiro atoms. The molecule has 1 amide bonds. The van der Waals surface area contributed by atoms with Crippen molar-refractivity contribution in [3.05, 3.63) is 76.8 Å². The Kier molecular flexibility index (Phi) is 5.23. The van der Waals surface area contributed by atoms with Crippen LogP contribution in [0.25, 0.3) is 21.3 Å². The topological polar surface area (TPSA) is 82.1 Å². The first kappa shape index (κ1) is 18.8. The van der Waals surface area contributed by atoms with Gasteiger partial charge in [-0.05, 0) is 47.0 Å². The van der Waals surface area contributed by atoms with E-state index in [2.05, 4.69) is 10.3 Å². The zero-order valence-electron chi connectivity index (χ0n) is 14.2. The minimum atomic E-state index is -2.48. The van der Waals surface area contributed by atoms with Gasteiger partial charge in [0.05, 0.1) is 9.90 Å². The Bertz CT molecular complexity index is 1210. The van der Waals surface area contributed by atoms with Crippen LogP contribution in [0.5, 0.6) is 0 Å². The normalized spacial score (nSPS) is 12.1. The van der Waals surface area contributed by atoms with E-state index < -0.39 is 11.1 Å². The minimum absolute atomic E-state index is 0.0648. The summed E-state index contributed by atoms with van der Waals surface area (Å²) in [5.41, 5.74) is 2.37. The maximum absolute atomic E-state index is 12.6. The molecule has 140 valence electrons. The van der Waals surface area contributed by atoms with Crippen molar-refractivity contribution >= 4 is 55.8 Å². The van der Waals surface area contributed by atoms with Gasteiger partial charge in [-0.25, -0.2) is 4.98 Å². The number of pyridine rings is 1. The van der Waals surface area contributed by atoms with E-state index in [1.807, 2.05) is 36.4 Å². The fraction of sp³-hybridized carbons (Fsp3) is 0. The lowest BCUT2D eigenvalue weighted by atomic mass is 10.1. The summed E-state index contributed by atoms with van der Waals surface area (Å²) in [5, 5.41) is 3.67. The standard InChI is InChI=1S/C20H13ClN2O3S2/c21-16-7-6-15(10-18(16)28(25)26)23-19(24)17-9-13-8-14(11-22-20(13)27-17)12-4-2-1-3-5-12/h1-11H,(H,23,24)(H,25,26)/p-1. The van der Waals surface area contributed by atoms with Gasteiger partial charge in [0.15, 0.2) is 0 Å². The van der Waals surface area contributed by atoms with Crippen molar-refractivity contribution in [1.29, 1.82) is 0 Å². The number of nitrogens with one attached hydrogen (secondary N) is 1. The molecular formula is C20H12ClN2O3S2-. The summed E-state index contributed by atoms with van der Waals surface area (Å²) in [7, 11) is 0. The average Bonchev–Trinajstić information content (AvgIpc) is 3.13. The highest BCUT2D eigenvalue weighted by Crippen LogP contribution is 2.29. The number of hydrogen-bond donors (Lipinski definition) is 1. The Hall–Kier alpha value is -2.58. The molecule has 4 rings (SSSR count). The van der Waals surface area contributed by atoms with E-state index in [1.54, 1.807) is 18.3 Å². The molecule has 4 aromatic rings. The molecule has 0 fully saturated rings. The molecule has 0 saturated carbocycles. The molecule has 0 aliphatic carbocycles. The maximum atomic E-state index is 12.6. The number of nitrogens with zero attached hydrogens (tertiary/aromatic N) is 1. The third-order valence-electron chi connectivity index (χ3n) is 4.07. The number of fused-ring (bicyclic) bond motifs is 1. The summed E-state index contributed by atoms with van der Waals surface area (Å²) in [6.07, 6.45) is 1.78. The fourth-order valence-electron chi connectivity index (χ4n) is 2.73. The number of hydrogen-bond acceptors (Lipinski definition) is 5. The second kappa shape index (κ2) is 7.81. The Morgan fingerprint density at radius 3 is 2.61 bits per heavy atom. The quantitative estimate of drug-likeness (QED) is 0.459. The molecule has 0 radical (unpaired) electrons. The van der Waals surface area contributed by atoms with Crippen LogP contribution in [0.1, 0.15) is 9.67 Å². The minimum Gasteiger partial charge on any atom is -0.768 e. The molecule has 2 aromatic heterocycles. The molecule has 0 saturated heterocycles. The molecular weight excluding hydrogens is 416 g/mol. The van der Waals surface area contributed by atoms with E-state index in [0.717, 1.165) is 21.3 Å². The molecule has 28 heavy (non-hydrogen) atoms. The van der Waals surface area contributed by atoms with Crippen molar-refractivity contribution in [3.8, 4) is 11.1 Å². The third-order valence-corrected chi connectivity index (χ3v) is 6.27. The highest BCUT2D eigenvalue weighted by molar-refractivity contribution is 7.79. The number of halogens is 1. The van der Waals surface area contributed by atoms with Crippen LogP contribution in [-0.2, 0) is 11.1 Å². The van der Waals surface area contributed by atoms with Gasteiger partial charge in [0.1, 0.15) is 4.83 Å². The Morgan fingerprint density at radius 2 is 1.86 bits per heavy atom. The van der Waals surface area contributed by atoms with Crippen LogP contribution in [0, 0.1) is 0 Å². The molecule has 2 aromatic carbocycles. The van der Waals surface area contributed by atoms with Crippen LogP contribution in [0.2, 0.25) is 5.02 Å². The van der Waals surface area contributed by atoms with Crippen LogP contribution in [-0.4, -0.2) is 19.7 Å². The lowest BCUT2D eigenvalue weighted by molar-refractivity contribution is 0.103. The average molecular weight is 428 g/mol. The van der Waals surface area contributed by atoms with E-state index in [0.29, 0.717) is 10.6 Å². The van der Waals surface area contributed by atoms with Crippen molar-refractivity contribution in [2.45, 2.75) is 4.90 Å². The van der Waals surface area contributed by atoms with Crippen molar-refractivity contribution in [1.82, 2.24) is 4.98 Å². The first-order valence-corrected chi connectivity index (χ1v) is 10.4. The van der Waals surface area contributed by atoms with Crippen LogP contribution in [0.4, 0.5) is 5.69 Å². The molecule has 1 unspecified atom stereocenters. The first-order valence-electron chi connectivity index (χ1n) is 8.16. The predicted molar refractivity (Wildman–Crippen MR) is 112 cm³/mol. The summed E-state index contributed by atoms with van der Waals surface area (Å²) < 4.78 is 22.4.